The molecule has 7 nitrogen and oxygen atoms in total. The van der Waals surface area contributed by atoms with Crippen molar-refractivity contribution in [2.24, 2.45) is 0 Å². The van der Waals surface area contributed by atoms with E-state index in [1.165, 1.54) is 0 Å². The Labute approximate surface area is 99.2 Å². The van der Waals surface area contributed by atoms with E-state index < -0.39 is 40.7 Å². The van der Waals surface area contributed by atoms with Crippen molar-refractivity contribution in [1.82, 2.24) is 4.98 Å². The van der Waals surface area contributed by atoms with Crippen LogP contribution in [0.3, 0.4) is 0 Å². The Balaban J connectivity index is 3.49. The minimum absolute atomic E-state index is 0.299. The molecule has 1 aromatic heterocycles. The van der Waals surface area contributed by atoms with Gasteiger partial charge in [-0.25, -0.2) is 13.8 Å². The van der Waals surface area contributed by atoms with Crippen LogP contribution >= 0.6 is 0 Å². The molecular weight excluding hydrogens is 254 g/mol. The molecule has 1 N–H and O–H groups in total. The zero-order valence-corrected chi connectivity index (χ0v) is 9.09. The summed E-state index contributed by atoms with van der Waals surface area (Å²) in [6.45, 7) is 0. The predicted molar refractivity (Wildman–Crippen MR) is 53.7 cm³/mol. The Kier molecular flexibility index (Phi) is 4.08. The summed E-state index contributed by atoms with van der Waals surface area (Å²) in [4.78, 5) is 23.7. The van der Waals surface area contributed by atoms with Crippen molar-refractivity contribution in [1.29, 1.82) is 0 Å². The number of carboxylic acids is 1. The number of halogens is 2. The molecule has 1 rings (SSSR count). The van der Waals surface area contributed by atoms with Gasteiger partial charge < -0.3 is 9.84 Å². The summed E-state index contributed by atoms with van der Waals surface area (Å²) >= 11 is 0. The van der Waals surface area contributed by atoms with Crippen LogP contribution in [-0.2, 0) is 11.2 Å². The lowest BCUT2D eigenvalue weighted by atomic mass is 10.1. The van der Waals surface area contributed by atoms with Crippen LogP contribution in [0.25, 0.3) is 0 Å². The van der Waals surface area contributed by atoms with Gasteiger partial charge in [0.1, 0.15) is 11.3 Å². The van der Waals surface area contributed by atoms with Crippen LogP contribution in [0.5, 0.6) is 5.88 Å². The molecule has 0 saturated carbocycles. The number of nitrogens with zero attached hydrogens (tertiary/aromatic N) is 2. The number of aliphatic carboxylic acids is 1. The van der Waals surface area contributed by atoms with Crippen molar-refractivity contribution in [3.8, 4) is 5.88 Å². The maximum atomic E-state index is 12.7. The van der Waals surface area contributed by atoms with Gasteiger partial charge in [0.25, 0.3) is 6.43 Å². The summed E-state index contributed by atoms with van der Waals surface area (Å²) in [5.41, 5.74) is -2.47. The lowest BCUT2D eigenvalue weighted by Crippen LogP contribution is -2.09. The number of pyridine rings is 1. The van der Waals surface area contributed by atoms with Gasteiger partial charge in [-0.1, -0.05) is 0 Å². The third-order valence-corrected chi connectivity index (χ3v) is 2.02. The zero-order valence-electron chi connectivity index (χ0n) is 9.09. The Morgan fingerprint density at radius 2 is 2.28 bits per heavy atom. The van der Waals surface area contributed by atoms with Crippen molar-refractivity contribution in [3.63, 3.8) is 0 Å². The fraction of sp³-hybridized carbons (Fsp3) is 0.333. The van der Waals surface area contributed by atoms with Crippen LogP contribution in [0.4, 0.5) is 14.5 Å². The second-order valence-electron chi connectivity index (χ2n) is 3.18. The van der Waals surface area contributed by atoms with Crippen molar-refractivity contribution in [2.45, 2.75) is 12.8 Å². The first kappa shape index (κ1) is 13.7. The number of methoxy groups -OCH3 is 1. The van der Waals surface area contributed by atoms with Gasteiger partial charge in [0.15, 0.2) is 0 Å². The summed E-state index contributed by atoms with van der Waals surface area (Å²) in [5.74, 6) is -1.72. The van der Waals surface area contributed by atoms with E-state index in [4.69, 9.17) is 5.11 Å². The topological polar surface area (TPSA) is 103 Å². The summed E-state index contributed by atoms with van der Waals surface area (Å²) in [6.07, 6.45) is -3.97. The average molecular weight is 262 g/mol. The van der Waals surface area contributed by atoms with Gasteiger partial charge in [0.05, 0.1) is 18.5 Å². The number of ether oxygens (including phenoxy) is 1. The second-order valence-corrected chi connectivity index (χ2v) is 3.18. The van der Waals surface area contributed by atoms with Gasteiger partial charge in [0, 0.05) is 6.07 Å². The SMILES string of the molecule is COc1cc(C(F)F)c([N+](=O)[O-])c(CC(=O)O)n1. The highest BCUT2D eigenvalue weighted by molar-refractivity contribution is 5.71. The summed E-state index contributed by atoms with van der Waals surface area (Å²) in [5, 5.41) is 19.3. The largest absolute Gasteiger partial charge is 0.481 e. The molecule has 0 spiro atoms. The highest BCUT2D eigenvalue weighted by Crippen LogP contribution is 2.33. The van der Waals surface area contributed by atoms with E-state index in [1.54, 1.807) is 0 Å². The Morgan fingerprint density at radius 1 is 1.67 bits per heavy atom. The fourth-order valence-corrected chi connectivity index (χ4v) is 1.33. The van der Waals surface area contributed by atoms with Gasteiger partial charge in [-0.3, -0.25) is 14.9 Å². The van der Waals surface area contributed by atoms with Gasteiger partial charge in [-0.05, 0) is 0 Å². The number of carboxylic acid groups (broad SMARTS) is 1. The Hall–Kier alpha value is -2.32. The summed E-state index contributed by atoms with van der Waals surface area (Å²) in [6, 6.07) is 0.716. The van der Waals surface area contributed by atoms with E-state index in [9.17, 15) is 23.7 Å². The number of hydrogen-bond acceptors (Lipinski definition) is 5. The first-order valence-corrected chi connectivity index (χ1v) is 4.59. The minimum atomic E-state index is -3.13. The third-order valence-electron chi connectivity index (χ3n) is 2.02. The molecule has 18 heavy (non-hydrogen) atoms. The van der Waals surface area contributed by atoms with Crippen LogP contribution in [0.1, 0.15) is 17.7 Å². The number of alkyl halides is 2. The molecule has 0 unspecified atom stereocenters. The van der Waals surface area contributed by atoms with Crippen molar-refractivity contribution >= 4 is 11.7 Å². The minimum Gasteiger partial charge on any atom is -0.481 e. The molecule has 0 fully saturated rings. The van der Waals surface area contributed by atoms with Gasteiger partial charge >= 0.3 is 11.7 Å². The molecule has 9 heteroatoms. The zero-order chi connectivity index (χ0) is 13.9. The van der Waals surface area contributed by atoms with Gasteiger partial charge in [0.2, 0.25) is 5.88 Å². The van der Waals surface area contributed by atoms with E-state index in [-0.39, 0.29) is 5.88 Å². The van der Waals surface area contributed by atoms with E-state index in [1.807, 2.05) is 0 Å². The smallest absolute Gasteiger partial charge is 0.309 e. The quantitative estimate of drug-likeness (QED) is 0.638. The van der Waals surface area contributed by atoms with Crippen LogP contribution in [0.15, 0.2) is 6.07 Å². The second kappa shape index (κ2) is 5.34. The molecule has 0 aliphatic carbocycles. The lowest BCUT2D eigenvalue weighted by Gasteiger charge is -2.08. The molecule has 0 amide bonds. The van der Waals surface area contributed by atoms with Crippen molar-refractivity contribution in [2.75, 3.05) is 7.11 Å². The third kappa shape index (κ3) is 2.87. The first-order chi connectivity index (χ1) is 8.36. The maximum absolute atomic E-state index is 12.7. The number of nitro groups is 1. The predicted octanol–water partition coefficient (Wildman–Crippen LogP) is 1.56. The number of aromatic nitrogens is 1. The van der Waals surface area contributed by atoms with E-state index in [0.717, 1.165) is 7.11 Å². The highest BCUT2D eigenvalue weighted by Gasteiger charge is 2.29. The molecule has 0 saturated heterocycles. The first-order valence-electron chi connectivity index (χ1n) is 4.59. The molecule has 0 atom stereocenters. The van der Waals surface area contributed by atoms with Gasteiger partial charge in [-0.15, -0.1) is 0 Å². The molecule has 0 aliphatic rings. The van der Waals surface area contributed by atoms with E-state index in [2.05, 4.69) is 9.72 Å². The molecule has 0 radical (unpaired) electrons. The monoisotopic (exact) mass is 262 g/mol. The molecule has 0 aliphatic heterocycles. The normalized spacial score (nSPS) is 10.4. The highest BCUT2D eigenvalue weighted by atomic mass is 19.3. The van der Waals surface area contributed by atoms with E-state index in [0.29, 0.717) is 6.07 Å². The maximum Gasteiger partial charge on any atom is 0.309 e. The number of hydrogen-bond donors (Lipinski definition) is 1. The number of carbonyl (C=O) groups is 1. The van der Waals surface area contributed by atoms with Crippen molar-refractivity contribution < 1.29 is 28.3 Å². The van der Waals surface area contributed by atoms with Crippen molar-refractivity contribution in [3.05, 3.63) is 27.4 Å². The van der Waals surface area contributed by atoms with Crippen LogP contribution in [0, 0.1) is 10.1 Å². The lowest BCUT2D eigenvalue weighted by molar-refractivity contribution is -0.387. The molecular formula is C9H8F2N2O5. The Bertz CT molecular complexity index is 492. The number of rotatable bonds is 5. The summed E-state index contributed by atoms with van der Waals surface area (Å²) in [7, 11) is 1.13. The Morgan fingerprint density at radius 3 is 2.67 bits per heavy atom. The summed E-state index contributed by atoms with van der Waals surface area (Å²) < 4.78 is 30.0. The molecule has 98 valence electrons. The van der Waals surface area contributed by atoms with Gasteiger partial charge in [-0.2, -0.15) is 0 Å². The molecule has 1 aromatic rings. The fourth-order valence-electron chi connectivity index (χ4n) is 1.33. The van der Waals surface area contributed by atoms with Crippen LogP contribution in [-0.4, -0.2) is 28.1 Å². The van der Waals surface area contributed by atoms with E-state index >= 15 is 0 Å². The molecule has 1 heterocycles. The molecule has 0 bridgehead atoms. The molecule has 0 aromatic carbocycles. The van der Waals surface area contributed by atoms with Crippen LogP contribution in [0.2, 0.25) is 0 Å². The standard InChI is InChI=1S/C9H8F2N2O5/c1-18-6-2-4(9(10)11)8(13(16)17)5(12-6)3-7(14)15/h2,9H,3H2,1H3,(H,14,15). The van der Waals surface area contributed by atoms with Crippen LogP contribution < -0.4 is 4.74 Å². The average Bonchev–Trinajstić information content (AvgIpc) is 2.26.